The summed E-state index contributed by atoms with van der Waals surface area (Å²) in [7, 11) is 3.23. The van der Waals surface area contributed by atoms with Crippen molar-refractivity contribution in [1.29, 1.82) is 0 Å². The lowest BCUT2D eigenvalue weighted by Crippen LogP contribution is -2.27. The zero-order chi connectivity index (χ0) is 26.6. The van der Waals surface area contributed by atoms with E-state index in [1.807, 2.05) is 30.3 Å². The van der Waals surface area contributed by atoms with Gasteiger partial charge >= 0.3 is 0 Å². The number of rotatable bonds is 11. The molecule has 4 aromatic rings. The summed E-state index contributed by atoms with van der Waals surface area (Å²) in [6, 6.07) is 11.7. The second kappa shape index (κ2) is 12.2. The van der Waals surface area contributed by atoms with Crippen LogP contribution in [0.5, 0.6) is 17.2 Å². The van der Waals surface area contributed by atoms with Crippen molar-refractivity contribution >= 4 is 29.0 Å². The summed E-state index contributed by atoms with van der Waals surface area (Å²) in [5.41, 5.74) is 5.92. The van der Waals surface area contributed by atoms with E-state index in [4.69, 9.17) is 29.9 Å². The van der Waals surface area contributed by atoms with Crippen LogP contribution in [0.2, 0.25) is 0 Å². The van der Waals surface area contributed by atoms with Gasteiger partial charge in [0.1, 0.15) is 18.1 Å². The van der Waals surface area contributed by atoms with Gasteiger partial charge in [-0.2, -0.15) is 0 Å². The second-order valence-corrected chi connectivity index (χ2v) is 8.86. The van der Waals surface area contributed by atoms with Crippen LogP contribution in [-0.4, -0.2) is 56.1 Å². The molecule has 1 atom stereocenters. The molecule has 1 aliphatic rings. The molecule has 0 saturated heterocycles. The van der Waals surface area contributed by atoms with Crippen molar-refractivity contribution in [2.45, 2.75) is 20.0 Å². The number of benzene rings is 2. The first-order chi connectivity index (χ1) is 18.6. The minimum Gasteiger partial charge on any atom is -0.493 e. The van der Waals surface area contributed by atoms with Crippen molar-refractivity contribution in [3.63, 3.8) is 0 Å². The van der Waals surface area contributed by atoms with E-state index >= 15 is 0 Å². The Bertz CT molecular complexity index is 1500. The number of furan rings is 1. The van der Waals surface area contributed by atoms with Gasteiger partial charge in [-0.15, -0.1) is 18.8 Å². The highest BCUT2D eigenvalue weighted by Gasteiger charge is 2.32. The minimum atomic E-state index is -0.696. The first kappa shape index (κ1) is 28.0. The number of H-pyrrole nitrogens is 1. The van der Waals surface area contributed by atoms with Gasteiger partial charge in [0.05, 0.1) is 32.4 Å². The van der Waals surface area contributed by atoms with Crippen molar-refractivity contribution in [3.05, 3.63) is 65.6 Å². The molecule has 0 spiro atoms. The van der Waals surface area contributed by atoms with Crippen LogP contribution >= 0.6 is 12.4 Å². The Morgan fingerprint density at radius 1 is 1.05 bits per heavy atom. The standard InChI is InChI=1S/C30H31N3O5.ClH/c1-6-25(19-11-13-36-18-19)38-32-30-22-17-27(35-5)26(34-4)16-21(22)29-28(30)23-15-20(9-10-24(23)31-29)37-14-12-33(7-2)8-3;/h1,9-11,13,15-18,25,31H,7-8,12,14H2,2-5H3;1H. The summed E-state index contributed by atoms with van der Waals surface area (Å²) in [6.45, 7) is 7.76. The molecule has 1 unspecified atom stereocenters. The largest absolute Gasteiger partial charge is 0.493 e. The molecule has 2 heterocycles. The predicted molar refractivity (Wildman–Crippen MR) is 154 cm³/mol. The van der Waals surface area contributed by atoms with Gasteiger partial charge in [-0.1, -0.05) is 24.9 Å². The number of terminal acetylenes is 1. The van der Waals surface area contributed by atoms with Gasteiger partial charge in [0.2, 0.25) is 6.10 Å². The number of oxime groups is 1. The lowest BCUT2D eigenvalue weighted by molar-refractivity contribution is 0.0996. The third kappa shape index (κ3) is 5.29. The van der Waals surface area contributed by atoms with Crippen LogP contribution in [0, 0.1) is 12.3 Å². The highest BCUT2D eigenvalue weighted by molar-refractivity contribution is 6.30. The van der Waals surface area contributed by atoms with Crippen molar-refractivity contribution in [3.8, 4) is 40.8 Å². The van der Waals surface area contributed by atoms with Crippen LogP contribution in [0.1, 0.15) is 36.6 Å². The van der Waals surface area contributed by atoms with Crippen LogP contribution in [0.15, 0.2) is 58.5 Å². The van der Waals surface area contributed by atoms with Gasteiger partial charge in [-0.05, 0) is 49.5 Å². The maximum atomic E-state index is 6.12. The molecular formula is C30H32ClN3O5. The van der Waals surface area contributed by atoms with E-state index < -0.39 is 6.10 Å². The average Bonchev–Trinajstić information content (AvgIpc) is 3.67. The summed E-state index contributed by atoms with van der Waals surface area (Å²) in [5, 5.41) is 5.56. The van der Waals surface area contributed by atoms with Gasteiger partial charge < -0.3 is 33.3 Å². The van der Waals surface area contributed by atoms with Crippen LogP contribution in [-0.2, 0) is 4.84 Å². The minimum absolute atomic E-state index is 0. The van der Waals surface area contributed by atoms with E-state index in [2.05, 4.69) is 34.8 Å². The van der Waals surface area contributed by atoms with E-state index in [1.165, 1.54) is 0 Å². The Morgan fingerprint density at radius 2 is 1.79 bits per heavy atom. The Hall–Kier alpha value is -4.06. The van der Waals surface area contributed by atoms with Crippen molar-refractivity contribution in [1.82, 2.24) is 9.88 Å². The molecule has 0 aliphatic heterocycles. The molecule has 2 aromatic heterocycles. The molecule has 2 aromatic carbocycles. The fraction of sp³-hybridized carbons (Fsp3) is 0.300. The van der Waals surface area contributed by atoms with Crippen LogP contribution in [0.3, 0.4) is 0 Å². The first-order valence-electron chi connectivity index (χ1n) is 12.6. The molecule has 5 rings (SSSR count). The fourth-order valence-electron chi connectivity index (χ4n) is 4.77. The Morgan fingerprint density at radius 3 is 2.44 bits per heavy atom. The second-order valence-electron chi connectivity index (χ2n) is 8.86. The number of halogens is 1. The zero-order valence-corrected chi connectivity index (χ0v) is 23.3. The maximum absolute atomic E-state index is 6.12. The van der Waals surface area contributed by atoms with Gasteiger partial charge in [0.15, 0.2) is 11.5 Å². The summed E-state index contributed by atoms with van der Waals surface area (Å²) in [6.07, 6.45) is 8.16. The number of ether oxygens (including phenoxy) is 3. The number of aromatic nitrogens is 1. The number of hydrogen-bond donors (Lipinski definition) is 1. The normalized spacial score (nSPS) is 13.5. The van der Waals surface area contributed by atoms with Crippen LogP contribution in [0.4, 0.5) is 0 Å². The van der Waals surface area contributed by atoms with E-state index in [0.717, 1.165) is 58.7 Å². The van der Waals surface area contributed by atoms with Crippen molar-refractivity contribution in [2.24, 2.45) is 5.16 Å². The van der Waals surface area contributed by atoms with E-state index in [9.17, 15) is 0 Å². The Balaban J connectivity index is 0.00000353. The van der Waals surface area contributed by atoms with Gasteiger partial charge in [0.25, 0.3) is 0 Å². The molecule has 0 fully saturated rings. The Kier molecular flexibility index (Phi) is 8.75. The van der Waals surface area contributed by atoms with Gasteiger partial charge in [0, 0.05) is 39.7 Å². The SMILES string of the molecule is C#CC(ON=C1c2cc(OC)c(OC)cc2-c2[nH]c3ccc(OCCN(CC)CC)cc3c21)c1ccoc1.Cl. The third-order valence-corrected chi connectivity index (χ3v) is 6.87. The molecule has 1 N–H and O–H groups in total. The predicted octanol–water partition coefficient (Wildman–Crippen LogP) is 6.04. The van der Waals surface area contributed by atoms with E-state index in [1.54, 1.807) is 32.8 Å². The summed E-state index contributed by atoms with van der Waals surface area (Å²) in [4.78, 5) is 11.8. The van der Waals surface area contributed by atoms with Crippen LogP contribution < -0.4 is 14.2 Å². The van der Waals surface area contributed by atoms with Crippen molar-refractivity contribution in [2.75, 3.05) is 40.5 Å². The quantitative estimate of drug-likeness (QED) is 0.160. The van der Waals surface area contributed by atoms with E-state index in [0.29, 0.717) is 29.4 Å². The van der Waals surface area contributed by atoms with Gasteiger partial charge in [-0.3, -0.25) is 0 Å². The van der Waals surface area contributed by atoms with Crippen molar-refractivity contribution < 1.29 is 23.5 Å². The van der Waals surface area contributed by atoms with E-state index in [-0.39, 0.29) is 12.4 Å². The summed E-state index contributed by atoms with van der Waals surface area (Å²) < 4.78 is 22.5. The maximum Gasteiger partial charge on any atom is 0.215 e. The highest BCUT2D eigenvalue weighted by atomic mass is 35.5. The lowest BCUT2D eigenvalue weighted by atomic mass is 10.1. The molecule has 0 bridgehead atoms. The molecule has 0 amide bonds. The zero-order valence-electron chi connectivity index (χ0n) is 22.4. The summed E-state index contributed by atoms with van der Waals surface area (Å²) in [5.74, 6) is 4.64. The van der Waals surface area contributed by atoms with Gasteiger partial charge in [-0.25, -0.2) is 0 Å². The smallest absolute Gasteiger partial charge is 0.215 e. The lowest BCUT2D eigenvalue weighted by Gasteiger charge is -2.18. The number of hydrogen-bond acceptors (Lipinski definition) is 7. The molecule has 1 aliphatic carbocycles. The number of likely N-dealkylation sites (N-methyl/N-ethyl adjacent to an activating group) is 1. The topological polar surface area (TPSA) is 81.4 Å². The average molecular weight is 550 g/mol. The molecule has 0 radical (unpaired) electrons. The number of nitrogens with one attached hydrogen (secondary N) is 1. The first-order valence-corrected chi connectivity index (χ1v) is 12.6. The summed E-state index contributed by atoms with van der Waals surface area (Å²) >= 11 is 0. The Labute approximate surface area is 234 Å². The molecule has 0 saturated carbocycles. The fourth-order valence-corrected chi connectivity index (χ4v) is 4.77. The third-order valence-electron chi connectivity index (χ3n) is 6.87. The molecular weight excluding hydrogens is 518 g/mol. The molecule has 9 heteroatoms. The molecule has 8 nitrogen and oxygen atoms in total. The number of nitrogens with zero attached hydrogens (tertiary/aromatic N) is 2. The molecule has 204 valence electrons. The number of aromatic amines is 1. The molecule has 39 heavy (non-hydrogen) atoms. The monoisotopic (exact) mass is 549 g/mol. The van der Waals surface area contributed by atoms with Crippen LogP contribution in [0.25, 0.3) is 22.2 Å². The number of methoxy groups -OCH3 is 2. The highest BCUT2D eigenvalue weighted by Crippen LogP contribution is 2.46. The number of fused-ring (bicyclic) bond motifs is 5.